The maximum absolute atomic E-state index is 11.9. The van der Waals surface area contributed by atoms with E-state index in [1.54, 1.807) is 61.7 Å². The van der Waals surface area contributed by atoms with Crippen molar-refractivity contribution in [2.75, 3.05) is 14.2 Å². The first-order valence-corrected chi connectivity index (χ1v) is 9.83. The third kappa shape index (κ3) is 5.45. The van der Waals surface area contributed by atoms with E-state index in [0.717, 1.165) is 11.1 Å². The van der Waals surface area contributed by atoms with Gasteiger partial charge < -0.3 is 14.2 Å². The first-order chi connectivity index (χ1) is 14.6. The van der Waals surface area contributed by atoms with Gasteiger partial charge in [0.05, 0.1) is 30.9 Å². The van der Waals surface area contributed by atoms with E-state index < -0.39 is 0 Å². The van der Waals surface area contributed by atoms with Crippen LogP contribution in [0.15, 0.2) is 65.1 Å². The number of ether oxygens (including phenoxy) is 3. The van der Waals surface area contributed by atoms with Crippen LogP contribution in [-0.2, 0) is 11.3 Å². The summed E-state index contributed by atoms with van der Waals surface area (Å²) in [7, 11) is 2.89. The van der Waals surface area contributed by atoms with Crippen molar-refractivity contribution < 1.29 is 23.8 Å². The number of hydrogen-bond donors (Lipinski definition) is 1. The van der Waals surface area contributed by atoms with Gasteiger partial charge in [0.1, 0.15) is 6.61 Å². The molecule has 0 saturated heterocycles. The van der Waals surface area contributed by atoms with Gasteiger partial charge >= 0.3 is 5.97 Å². The van der Waals surface area contributed by atoms with Gasteiger partial charge in [0.15, 0.2) is 11.5 Å². The number of hydrazone groups is 1. The second kappa shape index (κ2) is 10.2. The van der Waals surface area contributed by atoms with Crippen molar-refractivity contribution in [3.05, 3.63) is 81.5 Å². The lowest BCUT2D eigenvalue weighted by atomic mass is 10.1. The van der Waals surface area contributed by atoms with Gasteiger partial charge in [-0.25, -0.2) is 10.2 Å². The van der Waals surface area contributed by atoms with Crippen LogP contribution < -0.4 is 14.9 Å². The first kappa shape index (κ1) is 21.1. The van der Waals surface area contributed by atoms with Crippen LogP contribution in [0.4, 0.5) is 0 Å². The van der Waals surface area contributed by atoms with Gasteiger partial charge in [-0.15, -0.1) is 11.3 Å². The number of rotatable bonds is 8. The zero-order valence-corrected chi connectivity index (χ0v) is 17.3. The van der Waals surface area contributed by atoms with E-state index in [4.69, 9.17) is 9.47 Å². The van der Waals surface area contributed by atoms with Crippen LogP contribution in [0.25, 0.3) is 0 Å². The summed E-state index contributed by atoms with van der Waals surface area (Å²) in [5, 5.41) is 5.80. The van der Waals surface area contributed by atoms with E-state index in [2.05, 4.69) is 15.3 Å². The lowest BCUT2D eigenvalue weighted by Crippen LogP contribution is -2.16. The molecule has 0 aliphatic carbocycles. The van der Waals surface area contributed by atoms with Gasteiger partial charge in [-0.3, -0.25) is 4.79 Å². The summed E-state index contributed by atoms with van der Waals surface area (Å²) in [6.07, 6.45) is 1.53. The molecule has 154 valence electrons. The number of nitrogens with zero attached hydrogens (tertiary/aromatic N) is 1. The standard InChI is InChI=1S/C22H20N2O5S/c1-27-19-12-16(13-23-24-21(25)20-4-3-11-30-20)7-10-18(19)29-14-15-5-8-17(9-6-15)22(26)28-2/h3-13H,14H2,1-2H3,(H,24,25)/b23-13-. The Hall–Kier alpha value is -3.65. The van der Waals surface area contributed by atoms with Crippen LogP contribution in [0.5, 0.6) is 11.5 Å². The molecule has 7 nitrogen and oxygen atoms in total. The molecule has 0 bridgehead atoms. The molecular weight excluding hydrogens is 404 g/mol. The Morgan fingerprint density at radius 1 is 1.07 bits per heavy atom. The average molecular weight is 424 g/mol. The highest BCUT2D eigenvalue weighted by Gasteiger charge is 2.08. The number of nitrogens with one attached hydrogen (secondary N) is 1. The summed E-state index contributed by atoms with van der Waals surface area (Å²) in [4.78, 5) is 24.0. The van der Waals surface area contributed by atoms with Crippen LogP contribution in [0, 0.1) is 0 Å². The zero-order chi connectivity index (χ0) is 21.3. The minimum atomic E-state index is -0.382. The number of methoxy groups -OCH3 is 2. The molecule has 0 spiro atoms. The van der Waals surface area contributed by atoms with Crippen molar-refractivity contribution in [2.24, 2.45) is 5.10 Å². The molecule has 1 amide bonds. The molecule has 0 fully saturated rings. The van der Waals surface area contributed by atoms with E-state index in [0.29, 0.717) is 28.5 Å². The van der Waals surface area contributed by atoms with Gasteiger partial charge in [-0.05, 0) is 52.9 Å². The monoisotopic (exact) mass is 424 g/mol. The Labute approximate surface area is 177 Å². The molecule has 3 rings (SSSR count). The number of thiophene rings is 1. The van der Waals surface area contributed by atoms with E-state index in [-0.39, 0.29) is 11.9 Å². The Bertz CT molecular complexity index is 1030. The molecule has 30 heavy (non-hydrogen) atoms. The highest BCUT2D eigenvalue weighted by molar-refractivity contribution is 7.12. The first-order valence-electron chi connectivity index (χ1n) is 8.95. The van der Waals surface area contributed by atoms with Crippen molar-refractivity contribution in [1.29, 1.82) is 0 Å². The molecule has 0 aliphatic rings. The Kier molecular flexibility index (Phi) is 7.18. The topological polar surface area (TPSA) is 86.2 Å². The van der Waals surface area contributed by atoms with Crippen molar-refractivity contribution in [3.8, 4) is 11.5 Å². The zero-order valence-electron chi connectivity index (χ0n) is 16.5. The third-order valence-electron chi connectivity index (χ3n) is 4.08. The summed E-state index contributed by atoms with van der Waals surface area (Å²) in [5.41, 5.74) is 4.60. The lowest BCUT2D eigenvalue weighted by molar-refractivity contribution is 0.0600. The van der Waals surface area contributed by atoms with Gasteiger partial charge in [-0.2, -0.15) is 5.10 Å². The van der Waals surface area contributed by atoms with Gasteiger partial charge in [0.25, 0.3) is 5.91 Å². The van der Waals surface area contributed by atoms with E-state index in [1.165, 1.54) is 24.7 Å². The molecular formula is C22H20N2O5S. The molecule has 3 aromatic rings. The van der Waals surface area contributed by atoms with Crippen molar-refractivity contribution in [1.82, 2.24) is 5.43 Å². The molecule has 1 heterocycles. The minimum Gasteiger partial charge on any atom is -0.493 e. The molecule has 0 saturated carbocycles. The van der Waals surface area contributed by atoms with Crippen LogP contribution in [0.2, 0.25) is 0 Å². The molecule has 0 aliphatic heterocycles. The molecule has 8 heteroatoms. The minimum absolute atomic E-state index is 0.258. The molecule has 0 radical (unpaired) electrons. The normalized spacial score (nSPS) is 10.6. The van der Waals surface area contributed by atoms with E-state index in [1.807, 2.05) is 5.38 Å². The number of benzene rings is 2. The van der Waals surface area contributed by atoms with Gasteiger partial charge in [-0.1, -0.05) is 18.2 Å². The number of esters is 1. The second-order valence-electron chi connectivity index (χ2n) is 6.06. The van der Waals surface area contributed by atoms with Gasteiger partial charge in [0, 0.05) is 0 Å². The highest BCUT2D eigenvalue weighted by Crippen LogP contribution is 2.28. The summed E-state index contributed by atoms with van der Waals surface area (Å²) >= 11 is 1.35. The lowest BCUT2D eigenvalue weighted by Gasteiger charge is -2.11. The van der Waals surface area contributed by atoms with Gasteiger partial charge in [0.2, 0.25) is 0 Å². The molecule has 2 aromatic carbocycles. The largest absolute Gasteiger partial charge is 0.493 e. The average Bonchev–Trinajstić information content (AvgIpc) is 3.33. The number of amides is 1. The van der Waals surface area contributed by atoms with Crippen LogP contribution >= 0.6 is 11.3 Å². The van der Waals surface area contributed by atoms with Crippen LogP contribution in [-0.4, -0.2) is 32.3 Å². The maximum Gasteiger partial charge on any atom is 0.337 e. The third-order valence-corrected chi connectivity index (χ3v) is 4.95. The summed E-state index contributed by atoms with van der Waals surface area (Å²) < 4.78 is 15.9. The summed E-state index contributed by atoms with van der Waals surface area (Å²) in [5.74, 6) is 0.461. The Balaban J connectivity index is 1.60. The fourth-order valence-electron chi connectivity index (χ4n) is 2.53. The molecule has 1 N–H and O–H groups in total. The van der Waals surface area contributed by atoms with E-state index in [9.17, 15) is 9.59 Å². The Morgan fingerprint density at radius 2 is 1.87 bits per heavy atom. The van der Waals surface area contributed by atoms with Crippen molar-refractivity contribution in [2.45, 2.75) is 6.61 Å². The SMILES string of the molecule is COC(=O)c1ccc(COc2ccc(/C=N\NC(=O)c3cccs3)cc2OC)cc1. The number of hydrogen-bond acceptors (Lipinski definition) is 7. The fourth-order valence-corrected chi connectivity index (χ4v) is 3.14. The van der Waals surface area contributed by atoms with Crippen LogP contribution in [0.3, 0.4) is 0 Å². The second-order valence-corrected chi connectivity index (χ2v) is 7.01. The summed E-state index contributed by atoms with van der Waals surface area (Å²) in [6, 6.07) is 15.8. The van der Waals surface area contributed by atoms with E-state index >= 15 is 0 Å². The molecule has 1 aromatic heterocycles. The smallest absolute Gasteiger partial charge is 0.337 e. The maximum atomic E-state index is 11.9. The fraction of sp³-hybridized carbons (Fsp3) is 0.136. The summed E-state index contributed by atoms with van der Waals surface area (Å²) in [6.45, 7) is 0.308. The number of carbonyl (C=O) groups is 2. The van der Waals surface area contributed by atoms with Crippen LogP contribution in [0.1, 0.15) is 31.2 Å². The molecule has 0 unspecified atom stereocenters. The quantitative estimate of drug-likeness (QED) is 0.337. The van der Waals surface area contributed by atoms with Crippen molar-refractivity contribution in [3.63, 3.8) is 0 Å². The predicted octanol–water partition coefficient (Wildman–Crippen LogP) is 3.89. The Morgan fingerprint density at radius 3 is 2.53 bits per heavy atom. The highest BCUT2D eigenvalue weighted by atomic mass is 32.1. The predicted molar refractivity (Wildman–Crippen MR) is 114 cm³/mol. The molecule has 0 atom stereocenters. The number of carbonyl (C=O) groups excluding carboxylic acids is 2. The van der Waals surface area contributed by atoms with Crippen molar-refractivity contribution >= 4 is 29.4 Å².